The first-order valence-corrected chi connectivity index (χ1v) is 11.2. The lowest BCUT2D eigenvalue weighted by Gasteiger charge is -2.40. The second kappa shape index (κ2) is 9.97. The van der Waals surface area contributed by atoms with Gasteiger partial charge in [0.25, 0.3) is 5.91 Å². The van der Waals surface area contributed by atoms with Gasteiger partial charge in [-0.2, -0.15) is 13.2 Å². The van der Waals surface area contributed by atoms with E-state index in [1.54, 1.807) is 24.0 Å². The summed E-state index contributed by atoms with van der Waals surface area (Å²) < 4.78 is 59.1. The quantitative estimate of drug-likeness (QED) is 0.455. The van der Waals surface area contributed by atoms with Crippen LogP contribution in [0.2, 0.25) is 0 Å². The first-order chi connectivity index (χ1) is 16.7. The first-order valence-electron chi connectivity index (χ1n) is 11.2. The number of likely N-dealkylation sites (tertiary alicyclic amines) is 1. The van der Waals surface area contributed by atoms with Crippen molar-refractivity contribution in [2.75, 3.05) is 13.2 Å². The molecule has 0 bridgehead atoms. The molecule has 1 fully saturated rings. The van der Waals surface area contributed by atoms with E-state index >= 15 is 0 Å². The number of hydrogen-bond acceptors (Lipinski definition) is 5. The zero-order valence-corrected chi connectivity index (χ0v) is 19.2. The minimum Gasteiger partial charge on any atom is -0.475 e. The molecule has 3 heterocycles. The number of aryl methyl sites for hydroxylation is 1. The topological polar surface area (TPSA) is 68.2 Å². The van der Waals surface area contributed by atoms with Gasteiger partial charge < -0.3 is 9.64 Å². The summed E-state index contributed by atoms with van der Waals surface area (Å²) in [7, 11) is 0. The summed E-state index contributed by atoms with van der Waals surface area (Å²) in [4.78, 5) is 27.5. The summed E-state index contributed by atoms with van der Waals surface area (Å²) in [6.07, 6.45) is 0.785. The predicted molar refractivity (Wildman–Crippen MR) is 120 cm³/mol. The van der Waals surface area contributed by atoms with Gasteiger partial charge in [0.2, 0.25) is 5.88 Å². The fourth-order valence-electron chi connectivity index (χ4n) is 4.31. The van der Waals surface area contributed by atoms with Crippen molar-refractivity contribution in [3.8, 4) is 17.3 Å². The van der Waals surface area contributed by atoms with Crippen molar-refractivity contribution in [3.63, 3.8) is 0 Å². The molecule has 6 nitrogen and oxygen atoms in total. The second-order valence-corrected chi connectivity index (χ2v) is 8.57. The molecule has 184 valence electrons. The van der Waals surface area contributed by atoms with Crippen molar-refractivity contribution >= 4 is 5.91 Å². The number of ether oxygens (including phenoxy) is 1. The smallest absolute Gasteiger partial charge is 0.417 e. The number of benzene rings is 1. The summed E-state index contributed by atoms with van der Waals surface area (Å²) in [5.41, 5.74) is -0.0630. The molecule has 0 N–H and O–H groups in total. The predicted octanol–water partition coefficient (Wildman–Crippen LogP) is 5.32. The summed E-state index contributed by atoms with van der Waals surface area (Å²) >= 11 is 0. The van der Waals surface area contributed by atoms with E-state index < -0.39 is 17.6 Å². The monoisotopic (exact) mass is 488 g/mol. The van der Waals surface area contributed by atoms with Crippen LogP contribution < -0.4 is 4.74 Å². The van der Waals surface area contributed by atoms with Crippen LogP contribution in [0.3, 0.4) is 0 Å². The largest absolute Gasteiger partial charge is 0.475 e. The van der Waals surface area contributed by atoms with E-state index in [0.29, 0.717) is 18.3 Å². The van der Waals surface area contributed by atoms with Crippen LogP contribution in [0.1, 0.15) is 41.3 Å². The highest BCUT2D eigenvalue weighted by atomic mass is 19.4. The van der Waals surface area contributed by atoms with Gasteiger partial charge in [-0.3, -0.25) is 4.79 Å². The molecule has 1 saturated heterocycles. The maximum Gasteiger partial charge on any atom is 0.417 e. The van der Waals surface area contributed by atoms with E-state index in [1.165, 1.54) is 18.5 Å². The number of carbonyl (C=O) groups excluding carboxylic acids is 1. The summed E-state index contributed by atoms with van der Waals surface area (Å²) in [6.45, 7) is 4.18. The van der Waals surface area contributed by atoms with E-state index in [9.17, 15) is 22.4 Å². The zero-order valence-electron chi connectivity index (χ0n) is 19.2. The van der Waals surface area contributed by atoms with Gasteiger partial charge >= 0.3 is 6.18 Å². The Bertz CT molecular complexity index is 1190. The highest BCUT2D eigenvalue weighted by Crippen LogP contribution is 2.32. The Kier molecular flexibility index (Phi) is 7.00. The van der Waals surface area contributed by atoms with Gasteiger partial charge in [-0.15, -0.1) is 0 Å². The van der Waals surface area contributed by atoms with Gasteiger partial charge in [-0.1, -0.05) is 13.0 Å². The summed E-state index contributed by atoms with van der Waals surface area (Å²) in [6, 6.07) is 6.11. The Balaban J connectivity index is 1.61. The number of alkyl halides is 3. The van der Waals surface area contributed by atoms with Crippen LogP contribution in [-0.4, -0.2) is 45.0 Å². The zero-order chi connectivity index (χ0) is 25.2. The molecule has 1 aromatic carbocycles. The van der Waals surface area contributed by atoms with E-state index in [2.05, 4.69) is 15.0 Å². The fourth-order valence-corrected chi connectivity index (χ4v) is 4.31. The number of piperidine rings is 1. The fraction of sp³-hybridized carbons (Fsp3) is 0.360. The average molecular weight is 488 g/mol. The minimum atomic E-state index is -4.49. The molecule has 35 heavy (non-hydrogen) atoms. The van der Waals surface area contributed by atoms with Crippen LogP contribution in [0.5, 0.6) is 5.88 Å². The Morgan fingerprint density at radius 3 is 2.54 bits per heavy atom. The van der Waals surface area contributed by atoms with E-state index in [4.69, 9.17) is 4.74 Å². The van der Waals surface area contributed by atoms with Crippen molar-refractivity contribution in [1.29, 1.82) is 0 Å². The molecule has 1 amide bonds. The highest BCUT2D eigenvalue weighted by molar-refractivity contribution is 6.02. The lowest BCUT2D eigenvalue weighted by atomic mass is 9.89. The Labute approximate surface area is 200 Å². The Hall–Kier alpha value is -3.56. The third-order valence-corrected chi connectivity index (χ3v) is 6.21. The Morgan fingerprint density at radius 2 is 1.89 bits per heavy atom. The van der Waals surface area contributed by atoms with Crippen LogP contribution in [0.15, 0.2) is 48.9 Å². The molecule has 10 heteroatoms. The molecular formula is C25H24F4N4O2. The first kappa shape index (κ1) is 24.6. The van der Waals surface area contributed by atoms with Crippen molar-refractivity contribution < 1.29 is 27.1 Å². The number of rotatable bonds is 5. The van der Waals surface area contributed by atoms with Gasteiger partial charge in [0, 0.05) is 31.2 Å². The molecule has 2 unspecified atom stereocenters. The highest BCUT2D eigenvalue weighted by Gasteiger charge is 2.36. The van der Waals surface area contributed by atoms with Gasteiger partial charge in [-0.25, -0.2) is 19.3 Å². The van der Waals surface area contributed by atoms with Crippen molar-refractivity contribution in [3.05, 3.63) is 71.4 Å². The third kappa shape index (κ3) is 5.26. The lowest BCUT2D eigenvalue weighted by molar-refractivity contribution is -0.137. The van der Waals surface area contributed by atoms with Gasteiger partial charge in [-0.05, 0) is 49.4 Å². The number of nitrogens with zero attached hydrogens (tertiary/aromatic N) is 4. The molecule has 4 rings (SSSR count). The maximum atomic E-state index is 14.9. The lowest BCUT2D eigenvalue weighted by Crippen LogP contribution is -2.51. The molecular weight excluding hydrogens is 464 g/mol. The van der Waals surface area contributed by atoms with Gasteiger partial charge in [0.05, 0.1) is 22.7 Å². The summed E-state index contributed by atoms with van der Waals surface area (Å²) in [5, 5.41) is 0. The SMILES string of the molecule is Cc1ccc(F)c(-c2ncccn2)c1C(=O)N1CCCC(C)C1COc1ccc(C(F)(F)F)cn1. The molecule has 0 radical (unpaired) electrons. The van der Waals surface area contributed by atoms with E-state index in [1.807, 2.05) is 6.92 Å². The number of aromatic nitrogens is 3. The van der Waals surface area contributed by atoms with E-state index in [0.717, 1.165) is 25.0 Å². The standard InChI is InChI=1S/C25H24F4N4O2/c1-15-5-3-12-33(19(15)14-35-20-9-7-17(13-32-20)25(27,28)29)24(34)21-16(2)6-8-18(26)22(21)23-30-10-4-11-31-23/h4,6-11,13,15,19H,3,5,12,14H2,1-2H3. The number of amides is 1. The number of halogens is 4. The number of hydrogen-bond donors (Lipinski definition) is 0. The van der Waals surface area contributed by atoms with Crippen LogP contribution in [-0.2, 0) is 6.18 Å². The van der Waals surface area contributed by atoms with Crippen LogP contribution in [0, 0.1) is 18.7 Å². The molecule has 1 aliphatic heterocycles. The second-order valence-electron chi connectivity index (χ2n) is 8.57. The molecule has 0 saturated carbocycles. The third-order valence-electron chi connectivity index (χ3n) is 6.21. The molecule has 2 aromatic heterocycles. The molecule has 1 aliphatic rings. The van der Waals surface area contributed by atoms with Crippen molar-refractivity contribution in [2.45, 2.75) is 38.9 Å². The van der Waals surface area contributed by atoms with Crippen LogP contribution in [0.25, 0.3) is 11.4 Å². The number of carbonyl (C=O) groups is 1. The van der Waals surface area contributed by atoms with Crippen molar-refractivity contribution in [2.24, 2.45) is 5.92 Å². The number of pyridine rings is 1. The van der Waals surface area contributed by atoms with Crippen LogP contribution in [0.4, 0.5) is 17.6 Å². The summed E-state index contributed by atoms with van der Waals surface area (Å²) in [5.74, 6) is -0.776. The maximum absolute atomic E-state index is 14.9. The molecule has 0 spiro atoms. The minimum absolute atomic E-state index is 0.0310. The Morgan fingerprint density at radius 1 is 1.14 bits per heavy atom. The molecule has 0 aliphatic carbocycles. The average Bonchev–Trinajstić information content (AvgIpc) is 2.84. The van der Waals surface area contributed by atoms with Crippen LogP contribution >= 0.6 is 0 Å². The van der Waals surface area contributed by atoms with Gasteiger partial charge in [0.1, 0.15) is 12.4 Å². The van der Waals surface area contributed by atoms with E-state index in [-0.39, 0.29) is 47.3 Å². The normalized spacial score (nSPS) is 18.4. The molecule has 3 aromatic rings. The van der Waals surface area contributed by atoms with Crippen molar-refractivity contribution in [1.82, 2.24) is 19.9 Å². The molecule has 2 atom stereocenters. The van der Waals surface area contributed by atoms with Gasteiger partial charge in [0.15, 0.2) is 5.82 Å².